The molecular weight excluding hydrogens is 252 g/mol. The number of nitrogens with one attached hydrogen (secondary N) is 1. The quantitative estimate of drug-likeness (QED) is 0.927. The van der Waals surface area contributed by atoms with Crippen LogP contribution in [0.1, 0.15) is 32.1 Å². The van der Waals surface area contributed by atoms with Crippen molar-refractivity contribution in [3.8, 4) is 0 Å². The summed E-state index contributed by atoms with van der Waals surface area (Å²) in [7, 11) is 0. The van der Waals surface area contributed by atoms with Crippen LogP contribution >= 0.6 is 0 Å². The van der Waals surface area contributed by atoms with Crippen molar-refractivity contribution >= 4 is 16.9 Å². The average molecular weight is 272 g/mol. The Hall–Kier alpha value is -1.91. The molecule has 2 aromatic rings. The average Bonchev–Trinajstić information content (AvgIpc) is 2.90. The monoisotopic (exact) mass is 272 g/mol. The molecule has 0 saturated heterocycles. The molecule has 0 bridgehead atoms. The van der Waals surface area contributed by atoms with Gasteiger partial charge < -0.3 is 5.32 Å². The number of fused-ring (bicyclic) bond motifs is 1. The number of hydrogen-bond acceptors (Lipinski definition) is 3. The minimum atomic E-state index is 0.0197. The predicted octanol–water partition coefficient (Wildman–Crippen LogP) is 2.13. The standard InChI is InChI=1S/C15H20N4O/c20-15(16-10-12-6-2-1-3-7-12)11-19-14-9-5-4-8-13(14)17-18-19/h4-5,8-9,12H,1-3,6-7,10-11H2,(H,16,20). The summed E-state index contributed by atoms with van der Waals surface area (Å²) in [4.78, 5) is 12.0. The third-order valence-electron chi connectivity index (χ3n) is 4.03. The van der Waals surface area contributed by atoms with Gasteiger partial charge in [-0.25, -0.2) is 4.68 Å². The molecule has 0 unspecified atom stereocenters. The maximum absolute atomic E-state index is 12.0. The Morgan fingerprint density at radius 2 is 2.05 bits per heavy atom. The number of aromatic nitrogens is 3. The molecule has 1 saturated carbocycles. The molecule has 1 aromatic carbocycles. The zero-order valence-electron chi connectivity index (χ0n) is 11.6. The molecule has 1 fully saturated rings. The van der Waals surface area contributed by atoms with E-state index < -0.39 is 0 Å². The van der Waals surface area contributed by atoms with Crippen molar-refractivity contribution in [3.63, 3.8) is 0 Å². The summed E-state index contributed by atoms with van der Waals surface area (Å²) in [6.07, 6.45) is 6.43. The Morgan fingerprint density at radius 1 is 1.25 bits per heavy atom. The van der Waals surface area contributed by atoms with Gasteiger partial charge in [-0.15, -0.1) is 5.10 Å². The van der Waals surface area contributed by atoms with Gasteiger partial charge in [0.25, 0.3) is 0 Å². The highest BCUT2D eigenvalue weighted by molar-refractivity contribution is 5.79. The fourth-order valence-corrected chi connectivity index (χ4v) is 2.88. The molecule has 0 spiro atoms. The lowest BCUT2D eigenvalue weighted by Crippen LogP contribution is -2.33. The Kier molecular flexibility index (Phi) is 3.95. The Morgan fingerprint density at radius 3 is 2.90 bits per heavy atom. The van der Waals surface area contributed by atoms with Crippen molar-refractivity contribution in [1.82, 2.24) is 20.3 Å². The van der Waals surface area contributed by atoms with E-state index in [1.807, 2.05) is 24.3 Å². The summed E-state index contributed by atoms with van der Waals surface area (Å²) in [5, 5.41) is 11.1. The SMILES string of the molecule is O=C(Cn1nnc2ccccc21)NCC1CCCCC1. The number of rotatable bonds is 4. The fourth-order valence-electron chi connectivity index (χ4n) is 2.88. The molecule has 1 amide bonds. The second kappa shape index (κ2) is 6.03. The number of carbonyl (C=O) groups is 1. The molecule has 1 N–H and O–H groups in total. The van der Waals surface area contributed by atoms with Gasteiger partial charge in [0.05, 0.1) is 5.52 Å². The van der Waals surface area contributed by atoms with Gasteiger partial charge in [0, 0.05) is 6.54 Å². The molecule has 1 aromatic heterocycles. The van der Waals surface area contributed by atoms with Crippen molar-refractivity contribution in [2.24, 2.45) is 5.92 Å². The number of hydrogen-bond donors (Lipinski definition) is 1. The zero-order chi connectivity index (χ0) is 13.8. The first-order valence-electron chi connectivity index (χ1n) is 7.38. The van der Waals surface area contributed by atoms with Gasteiger partial charge in [-0.3, -0.25) is 4.79 Å². The van der Waals surface area contributed by atoms with Crippen molar-refractivity contribution in [2.45, 2.75) is 38.6 Å². The molecule has 1 heterocycles. The van der Waals surface area contributed by atoms with Crippen molar-refractivity contribution < 1.29 is 4.79 Å². The number of benzene rings is 1. The van der Waals surface area contributed by atoms with E-state index >= 15 is 0 Å². The van der Waals surface area contributed by atoms with Crippen LogP contribution in [0.25, 0.3) is 11.0 Å². The summed E-state index contributed by atoms with van der Waals surface area (Å²) in [6.45, 7) is 1.04. The smallest absolute Gasteiger partial charge is 0.241 e. The third kappa shape index (κ3) is 2.98. The summed E-state index contributed by atoms with van der Waals surface area (Å²) >= 11 is 0. The first kappa shape index (κ1) is 13.1. The van der Waals surface area contributed by atoms with Crippen LogP contribution in [0.15, 0.2) is 24.3 Å². The molecule has 1 aliphatic rings. The molecule has 0 aliphatic heterocycles. The van der Waals surface area contributed by atoms with Gasteiger partial charge in [0.1, 0.15) is 12.1 Å². The maximum Gasteiger partial charge on any atom is 0.241 e. The van der Waals surface area contributed by atoms with E-state index in [2.05, 4.69) is 15.6 Å². The molecule has 5 heteroatoms. The molecule has 0 radical (unpaired) electrons. The zero-order valence-corrected chi connectivity index (χ0v) is 11.6. The van der Waals surface area contributed by atoms with Gasteiger partial charge in [-0.1, -0.05) is 36.6 Å². The van der Waals surface area contributed by atoms with E-state index in [1.165, 1.54) is 32.1 Å². The van der Waals surface area contributed by atoms with E-state index in [0.717, 1.165) is 17.6 Å². The van der Waals surface area contributed by atoms with Crippen LogP contribution in [0, 0.1) is 5.92 Å². The second-order valence-corrected chi connectivity index (χ2v) is 5.54. The Balaban J connectivity index is 1.55. The van der Waals surface area contributed by atoms with Crippen LogP contribution in [0.4, 0.5) is 0 Å². The van der Waals surface area contributed by atoms with Crippen molar-refractivity contribution in [1.29, 1.82) is 0 Å². The molecule has 5 nitrogen and oxygen atoms in total. The largest absolute Gasteiger partial charge is 0.354 e. The highest BCUT2D eigenvalue weighted by Gasteiger charge is 2.15. The van der Waals surface area contributed by atoms with Gasteiger partial charge >= 0.3 is 0 Å². The Bertz CT molecular complexity index is 586. The fraction of sp³-hybridized carbons (Fsp3) is 0.533. The number of carbonyl (C=O) groups excluding carboxylic acids is 1. The minimum absolute atomic E-state index is 0.0197. The summed E-state index contributed by atoms with van der Waals surface area (Å²) in [5.74, 6) is 0.673. The van der Waals surface area contributed by atoms with Crippen LogP contribution in [-0.2, 0) is 11.3 Å². The topological polar surface area (TPSA) is 59.8 Å². The Labute approximate surface area is 118 Å². The summed E-state index contributed by atoms with van der Waals surface area (Å²) < 4.78 is 1.66. The predicted molar refractivity (Wildman–Crippen MR) is 77.1 cm³/mol. The van der Waals surface area contributed by atoms with Crippen molar-refractivity contribution in [2.75, 3.05) is 6.54 Å². The van der Waals surface area contributed by atoms with E-state index in [9.17, 15) is 4.79 Å². The molecule has 1 aliphatic carbocycles. The van der Waals surface area contributed by atoms with Crippen LogP contribution in [-0.4, -0.2) is 27.4 Å². The van der Waals surface area contributed by atoms with Crippen molar-refractivity contribution in [3.05, 3.63) is 24.3 Å². The molecule has 0 atom stereocenters. The lowest BCUT2D eigenvalue weighted by atomic mass is 9.89. The molecule has 3 rings (SSSR count). The third-order valence-corrected chi connectivity index (χ3v) is 4.03. The van der Waals surface area contributed by atoms with Gasteiger partial charge in [0.2, 0.25) is 5.91 Å². The molecule has 20 heavy (non-hydrogen) atoms. The minimum Gasteiger partial charge on any atom is -0.354 e. The van der Waals surface area contributed by atoms with Crippen LogP contribution in [0.3, 0.4) is 0 Å². The summed E-state index contributed by atoms with van der Waals surface area (Å²) in [5.41, 5.74) is 1.73. The van der Waals surface area contributed by atoms with Gasteiger partial charge in [-0.05, 0) is 30.9 Å². The highest BCUT2D eigenvalue weighted by Crippen LogP contribution is 2.22. The van der Waals surface area contributed by atoms with E-state index in [1.54, 1.807) is 4.68 Å². The molecule has 106 valence electrons. The van der Waals surface area contributed by atoms with Gasteiger partial charge in [-0.2, -0.15) is 0 Å². The number of nitrogens with zero attached hydrogens (tertiary/aromatic N) is 3. The van der Waals surface area contributed by atoms with E-state index in [-0.39, 0.29) is 12.5 Å². The van der Waals surface area contributed by atoms with Crippen LogP contribution in [0.2, 0.25) is 0 Å². The highest BCUT2D eigenvalue weighted by atomic mass is 16.2. The lowest BCUT2D eigenvalue weighted by Gasteiger charge is -2.21. The number of amides is 1. The van der Waals surface area contributed by atoms with E-state index in [0.29, 0.717) is 5.92 Å². The first-order valence-corrected chi connectivity index (χ1v) is 7.38. The van der Waals surface area contributed by atoms with Crippen LogP contribution < -0.4 is 5.32 Å². The van der Waals surface area contributed by atoms with E-state index in [4.69, 9.17) is 0 Å². The lowest BCUT2D eigenvalue weighted by molar-refractivity contribution is -0.122. The maximum atomic E-state index is 12.0. The number of para-hydroxylation sites is 1. The first-order chi connectivity index (χ1) is 9.83. The second-order valence-electron chi connectivity index (χ2n) is 5.54. The summed E-state index contributed by atoms with van der Waals surface area (Å²) in [6, 6.07) is 7.69. The van der Waals surface area contributed by atoms with Crippen LogP contribution in [0.5, 0.6) is 0 Å². The van der Waals surface area contributed by atoms with Gasteiger partial charge in [0.15, 0.2) is 0 Å². The molecular formula is C15H20N4O. The normalized spacial score (nSPS) is 16.4.